The summed E-state index contributed by atoms with van der Waals surface area (Å²) in [5.74, 6) is 1.71. The van der Waals surface area contributed by atoms with Crippen molar-refractivity contribution >= 4 is 6.16 Å². The second-order valence-corrected chi connectivity index (χ2v) is 9.85. The minimum Gasteiger partial charge on any atom is -0.493 e. The number of carbonyl (C=O) groups is 1. The van der Waals surface area contributed by atoms with Crippen LogP contribution in [0.1, 0.15) is 49.7 Å². The summed E-state index contributed by atoms with van der Waals surface area (Å²) >= 11 is 0. The second kappa shape index (κ2) is 7.66. The van der Waals surface area contributed by atoms with Gasteiger partial charge in [0.25, 0.3) is 0 Å². The molecule has 0 amide bonds. The fraction of sp³-hybridized carbons (Fsp3) is 0.640. The monoisotopic (exact) mass is 441 g/mol. The van der Waals surface area contributed by atoms with Crippen molar-refractivity contribution in [3.05, 3.63) is 35.4 Å². The van der Waals surface area contributed by atoms with Crippen LogP contribution in [0.5, 0.6) is 11.5 Å². The lowest BCUT2D eigenvalue weighted by Crippen LogP contribution is -2.65. The number of aliphatic hydroxyl groups excluding tert-OH is 1. The van der Waals surface area contributed by atoms with Gasteiger partial charge in [-0.25, -0.2) is 4.79 Å². The van der Waals surface area contributed by atoms with Crippen LogP contribution in [0.15, 0.2) is 24.3 Å². The van der Waals surface area contributed by atoms with Gasteiger partial charge in [-0.2, -0.15) is 0 Å². The van der Waals surface area contributed by atoms with Crippen LogP contribution < -0.4 is 9.47 Å². The van der Waals surface area contributed by atoms with Gasteiger partial charge in [0.2, 0.25) is 0 Å². The maximum absolute atomic E-state index is 12.3. The fourth-order valence-electron chi connectivity index (χ4n) is 6.93. The summed E-state index contributed by atoms with van der Waals surface area (Å²) in [5, 5.41) is 10.8. The zero-order valence-electron chi connectivity index (χ0n) is 18.5. The molecule has 2 fully saturated rings. The minimum atomic E-state index is -0.650. The number of hydrogen-bond donors (Lipinski definition) is 1. The zero-order chi connectivity index (χ0) is 21.9. The first-order valence-corrected chi connectivity index (χ1v) is 11.9. The van der Waals surface area contributed by atoms with Gasteiger partial charge in [0.1, 0.15) is 25.0 Å². The number of hydrogen-bond acceptors (Lipinski definition) is 7. The molecule has 172 valence electrons. The van der Waals surface area contributed by atoms with Crippen molar-refractivity contribution in [3.63, 3.8) is 0 Å². The molecule has 3 aliphatic carbocycles. The molecule has 1 unspecified atom stereocenters. The summed E-state index contributed by atoms with van der Waals surface area (Å²) in [5.41, 5.74) is 2.18. The van der Waals surface area contributed by atoms with E-state index in [0.717, 1.165) is 56.6 Å². The van der Waals surface area contributed by atoms with Crippen LogP contribution in [0.3, 0.4) is 0 Å². The second-order valence-electron chi connectivity index (χ2n) is 9.85. The molecule has 0 radical (unpaired) electrons. The van der Waals surface area contributed by atoms with Crippen LogP contribution in [0, 0.1) is 5.92 Å². The molecule has 32 heavy (non-hydrogen) atoms. The average Bonchev–Trinajstić information content (AvgIpc) is 3.15. The minimum absolute atomic E-state index is 0.00463. The summed E-state index contributed by atoms with van der Waals surface area (Å²) in [6.45, 7) is 0.997. The van der Waals surface area contributed by atoms with E-state index < -0.39 is 12.3 Å². The van der Waals surface area contributed by atoms with Crippen LogP contribution >= 0.6 is 0 Å². The molecule has 2 bridgehead atoms. The first-order chi connectivity index (χ1) is 15.6. The van der Waals surface area contributed by atoms with Crippen molar-refractivity contribution < 1.29 is 28.8 Å². The number of piperidine rings is 1. The van der Waals surface area contributed by atoms with Crippen molar-refractivity contribution in [2.45, 2.75) is 74.7 Å². The molecular formula is C25H31NO6. The molecule has 1 spiro atoms. The number of nitrogens with zero attached hydrogens (tertiary/aromatic N) is 1. The van der Waals surface area contributed by atoms with Gasteiger partial charge in [0, 0.05) is 29.5 Å². The predicted molar refractivity (Wildman–Crippen MR) is 116 cm³/mol. The molecule has 5 aliphatic rings. The highest BCUT2D eigenvalue weighted by Gasteiger charge is 2.64. The van der Waals surface area contributed by atoms with Gasteiger partial charge in [-0.3, -0.25) is 4.90 Å². The van der Waals surface area contributed by atoms with Gasteiger partial charge < -0.3 is 24.1 Å². The smallest absolute Gasteiger partial charge is 0.493 e. The molecule has 0 aromatic heterocycles. The summed E-state index contributed by atoms with van der Waals surface area (Å²) in [4.78, 5) is 14.6. The van der Waals surface area contributed by atoms with E-state index in [1.165, 1.54) is 17.5 Å². The molecule has 7 nitrogen and oxygen atoms in total. The Morgan fingerprint density at radius 2 is 2.09 bits per heavy atom. The quantitative estimate of drug-likeness (QED) is 0.567. The SMILES string of the molecule is COc1ccc2c3c1O[C@H]1[C@@H](O)C=C[C@H]4C(C2)N(COC(=O)OC2CCCCC2)CC[C@@]341. The third kappa shape index (κ3) is 2.90. The van der Waals surface area contributed by atoms with E-state index in [1.807, 2.05) is 12.1 Å². The summed E-state index contributed by atoms with van der Waals surface area (Å²) < 4.78 is 23.1. The van der Waals surface area contributed by atoms with E-state index in [2.05, 4.69) is 17.0 Å². The Labute approximate surface area is 188 Å². The number of ether oxygens (including phenoxy) is 4. The van der Waals surface area contributed by atoms with E-state index in [4.69, 9.17) is 18.9 Å². The molecule has 1 aromatic rings. The first-order valence-electron chi connectivity index (χ1n) is 11.9. The molecule has 7 heteroatoms. The highest BCUT2D eigenvalue weighted by Crippen LogP contribution is 2.62. The lowest BCUT2D eigenvalue weighted by molar-refractivity contribution is -0.0836. The van der Waals surface area contributed by atoms with Gasteiger partial charge in [-0.15, -0.1) is 0 Å². The largest absolute Gasteiger partial charge is 0.509 e. The van der Waals surface area contributed by atoms with Crippen molar-refractivity contribution in [2.75, 3.05) is 20.4 Å². The van der Waals surface area contributed by atoms with Crippen molar-refractivity contribution in [1.82, 2.24) is 4.90 Å². The molecule has 5 atom stereocenters. The zero-order valence-corrected chi connectivity index (χ0v) is 18.5. The van der Waals surface area contributed by atoms with Gasteiger partial charge >= 0.3 is 6.16 Å². The van der Waals surface area contributed by atoms with Gasteiger partial charge in [0.15, 0.2) is 11.5 Å². The van der Waals surface area contributed by atoms with Crippen molar-refractivity contribution in [1.29, 1.82) is 0 Å². The van der Waals surface area contributed by atoms with E-state index in [-0.39, 0.29) is 36.3 Å². The molecule has 6 rings (SSSR count). The molecule has 1 saturated heterocycles. The Hall–Kier alpha value is -2.25. The Morgan fingerprint density at radius 1 is 1.25 bits per heavy atom. The predicted octanol–water partition coefficient (Wildman–Crippen LogP) is 3.31. The van der Waals surface area contributed by atoms with Crippen molar-refractivity contribution in [2.24, 2.45) is 5.92 Å². The molecule has 2 aliphatic heterocycles. The number of aliphatic hydroxyl groups is 1. The number of benzene rings is 1. The third-order valence-electron chi connectivity index (χ3n) is 8.35. The van der Waals surface area contributed by atoms with E-state index in [1.54, 1.807) is 7.11 Å². The molecule has 1 N–H and O–H groups in total. The maximum Gasteiger partial charge on any atom is 0.509 e. The standard InChI is InChI=1S/C25H31NO6/c1-29-20-10-7-15-13-18-17-8-9-19(27)23-25(17,21(15)22(20)32-23)11-12-26(18)14-30-24(28)31-16-5-3-2-4-6-16/h7-10,16-19,23,27H,2-6,11-14H2,1H3/t17-,18?,19-,23-,25-/m0/s1. The summed E-state index contributed by atoms with van der Waals surface area (Å²) in [6.07, 6.45) is 9.48. The Balaban J connectivity index is 1.25. The number of rotatable bonds is 4. The summed E-state index contributed by atoms with van der Waals surface area (Å²) in [6, 6.07) is 4.26. The summed E-state index contributed by atoms with van der Waals surface area (Å²) in [7, 11) is 1.66. The van der Waals surface area contributed by atoms with Crippen LogP contribution in [0.4, 0.5) is 4.79 Å². The van der Waals surface area contributed by atoms with E-state index in [0.29, 0.717) is 0 Å². The highest BCUT2D eigenvalue weighted by atomic mass is 16.7. The topological polar surface area (TPSA) is 77.5 Å². The van der Waals surface area contributed by atoms with Crippen LogP contribution in [0.2, 0.25) is 0 Å². The third-order valence-corrected chi connectivity index (χ3v) is 8.35. The van der Waals surface area contributed by atoms with E-state index in [9.17, 15) is 9.90 Å². The Kier molecular flexibility index (Phi) is 4.88. The lowest BCUT2D eigenvalue weighted by atomic mass is 9.53. The van der Waals surface area contributed by atoms with Crippen molar-refractivity contribution in [3.8, 4) is 11.5 Å². The number of likely N-dealkylation sites (tertiary alicyclic amines) is 1. The maximum atomic E-state index is 12.3. The Bertz CT molecular complexity index is 941. The number of methoxy groups -OCH3 is 1. The average molecular weight is 442 g/mol. The van der Waals surface area contributed by atoms with Crippen LogP contribution in [0.25, 0.3) is 0 Å². The Morgan fingerprint density at radius 3 is 2.91 bits per heavy atom. The molecular weight excluding hydrogens is 410 g/mol. The molecule has 2 heterocycles. The molecule has 1 saturated carbocycles. The first kappa shape index (κ1) is 20.4. The highest BCUT2D eigenvalue weighted by molar-refractivity contribution is 5.62. The number of carbonyl (C=O) groups excluding carboxylic acids is 1. The van der Waals surface area contributed by atoms with Crippen LogP contribution in [-0.4, -0.2) is 60.9 Å². The van der Waals surface area contributed by atoms with Gasteiger partial charge in [-0.05, 0) is 50.2 Å². The van der Waals surface area contributed by atoms with E-state index >= 15 is 0 Å². The van der Waals surface area contributed by atoms with Gasteiger partial charge in [-0.1, -0.05) is 24.6 Å². The molecule has 1 aromatic carbocycles. The lowest BCUT2D eigenvalue weighted by Gasteiger charge is -2.56. The normalized spacial score (nSPS) is 35.1. The fourth-order valence-corrected chi connectivity index (χ4v) is 6.93. The van der Waals surface area contributed by atoms with Gasteiger partial charge in [0.05, 0.1) is 7.11 Å². The van der Waals surface area contributed by atoms with Crippen LogP contribution in [-0.2, 0) is 21.3 Å².